The quantitative estimate of drug-likeness (QED) is 0.232. The number of aryl methyl sites for hydroxylation is 1. The number of pyridine rings is 1. The Morgan fingerprint density at radius 1 is 1.15 bits per heavy atom. The van der Waals surface area contributed by atoms with E-state index in [-0.39, 0.29) is 17.2 Å². The number of carboxylic acid groups (broad SMARTS) is 1. The van der Waals surface area contributed by atoms with Crippen LogP contribution in [-0.2, 0) is 23.2 Å². The molecule has 2 aliphatic rings. The summed E-state index contributed by atoms with van der Waals surface area (Å²) in [6, 6.07) is 14.0. The Hall–Kier alpha value is -3.41. The van der Waals surface area contributed by atoms with Gasteiger partial charge in [-0.2, -0.15) is 0 Å². The Bertz CT molecular complexity index is 1370. The Kier molecular flexibility index (Phi) is 8.43. The number of aromatic nitrogens is 1. The number of benzene rings is 2. The van der Waals surface area contributed by atoms with E-state index >= 15 is 4.39 Å². The molecule has 2 aromatic carbocycles. The fourth-order valence-corrected chi connectivity index (χ4v) is 6.67. The third-order valence-corrected chi connectivity index (χ3v) is 9.00. The van der Waals surface area contributed by atoms with Crippen LogP contribution < -0.4 is 9.47 Å². The van der Waals surface area contributed by atoms with Gasteiger partial charge in [-0.05, 0) is 84.4 Å². The van der Waals surface area contributed by atoms with Crippen molar-refractivity contribution in [2.45, 2.75) is 89.6 Å². The first kappa shape index (κ1) is 28.1. The number of unbranched alkanes of at least 4 members (excludes halogenated alkanes) is 2. The fraction of sp³-hybridized carbons (Fsp3) is 0.471. The van der Waals surface area contributed by atoms with Gasteiger partial charge in [-0.3, -0.25) is 4.79 Å². The van der Waals surface area contributed by atoms with Crippen LogP contribution in [0.15, 0.2) is 48.7 Å². The van der Waals surface area contributed by atoms with Crippen molar-refractivity contribution >= 4 is 5.97 Å². The highest BCUT2D eigenvalue weighted by atomic mass is 19.1. The number of methoxy groups -OCH3 is 1. The van der Waals surface area contributed by atoms with Crippen molar-refractivity contribution in [3.8, 4) is 22.8 Å². The number of rotatable bonds is 12. The summed E-state index contributed by atoms with van der Waals surface area (Å²) in [5.74, 6) is 0.104. The molecule has 0 bridgehead atoms. The topological polar surface area (TPSA) is 68.7 Å². The number of carboxylic acids is 1. The molecule has 1 aromatic heterocycles. The number of fused-ring (bicyclic) bond motifs is 2. The second-order valence-corrected chi connectivity index (χ2v) is 11.4. The highest BCUT2D eigenvalue weighted by Gasteiger charge is 2.60. The number of halogens is 1. The number of carbonyl (C=O) groups is 1. The summed E-state index contributed by atoms with van der Waals surface area (Å²) < 4.78 is 26.6. The zero-order valence-corrected chi connectivity index (χ0v) is 23.8. The van der Waals surface area contributed by atoms with Crippen LogP contribution in [0.25, 0.3) is 11.1 Å². The summed E-state index contributed by atoms with van der Waals surface area (Å²) in [4.78, 5) is 15.8. The molecule has 0 radical (unpaired) electrons. The van der Waals surface area contributed by atoms with Gasteiger partial charge in [-0.15, -0.1) is 0 Å². The summed E-state index contributed by atoms with van der Waals surface area (Å²) in [5.41, 5.74) is 5.70. The standard InChI is InChI=1S/C34H40FNO4/c1-4-6-7-9-23(5-2)27-16-22(11-14-26(27)28-18-32(39-3)36-20-31(28)35)21-40-25-13-12-24-10-8-15-34(29(24)17-25)19-30(34)33(37)38/h11-14,16-18,20,23,30H,4-10,15,19,21H2,1-3H3,(H,37,38)/t23-,30-,34-/m0/s1. The molecule has 3 aromatic rings. The molecule has 1 N–H and O–H groups in total. The molecule has 5 rings (SSSR count). The third kappa shape index (κ3) is 5.59. The van der Waals surface area contributed by atoms with Gasteiger partial charge in [0.1, 0.15) is 18.2 Å². The van der Waals surface area contributed by atoms with Crippen LogP contribution >= 0.6 is 0 Å². The van der Waals surface area contributed by atoms with Crippen LogP contribution in [0.2, 0.25) is 0 Å². The van der Waals surface area contributed by atoms with Crippen molar-refractivity contribution in [1.82, 2.24) is 4.98 Å². The maximum atomic E-state index is 15.0. The number of ether oxygens (including phenoxy) is 2. The fourth-order valence-electron chi connectivity index (χ4n) is 6.67. The zero-order valence-electron chi connectivity index (χ0n) is 23.8. The summed E-state index contributed by atoms with van der Waals surface area (Å²) in [5, 5.41) is 9.66. The number of nitrogens with zero attached hydrogens (tertiary/aromatic N) is 1. The molecule has 1 spiro atoms. The van der Waals surface area contributed by atoms with Gasteiger partial charge in [0.15, 0.2) is 0 Å². The largest absolute Gasteiger partial charge is 0.489 e. The summed E-state index contributed by atoms with van der Waals surface area (Å²) in [6.07, 6.45) is 10.4. The molecule has 6 heteroatoms. The van der Waals surface area contributed by atoms with Gasteiger partial charge < -0.3 is 14.6 Å². The lowest BCUT2D eigenvalue weighted by molar-refractivity contribution is -0.139. The van der Waals surface area contributed by atoms with E-state index in [1.54, 1.807) is 13.2 Å². The van der Waals surface area contributed by atoms with E-state index < -0.39 is 5.97 Å². The molecule has 5 nitrogen and oxygen atoms in total. The normalized spacial score (nSPS) is 20.1. The molecular weight excluding hydrogens is 505 g/mol. The van der Waals surface area contributed by atoms with E-state index in [1.807, 2.05) is 18.2 Å². The zero-order chi connectivity index (χ0) is 28.3. The maximum absolute atomic E-state index is 15.0. The van der Waals surface area contributed by atoms with Crippen molar-refractivity contribution in [2.24, 2.45) is 5.92 Å². The van der Waals surface area contributed by atoms with Gasteiger partial charge in [-0.25, -0.2) is 9.37 Å². The van der Waals surface area contributed by atoms with Gasteiger partial charge in [-0.1, -0.05) is 57.4 Å². The number of hydrogen-bond donors (Lipinski definition) is 1. The first-order chi connectivity index (χ1) is 19.4. The average Bonchev–Trinajstić information content (AvgIpc) is 3.70. The van der Waals surface area contributed by atoms with Crippen molar-refractivity contribution in [2.75, 3.05) is 7.11 Å². The van der Waals surface area contributed by atoms with Crippen LogP contribution in [0.5, 0.6) is 11.6 Å². The Morgan fingerprint density at radius 3 is 2.73 bits per heavy atom. The first-order valence-electron chi connectivity index (χ1n) is 14.7. The molecule has 0 aliphatic heterocycles. The van der Waals surface area contributed by atoms with Gasteiger partial charge in [0.2, 0.25) is 5.88 Å². The SMILES string of the molecule is CCCCC[C@H](CC)c1cc(COc2ccc3c(c2)[C@]2(CCC3)C[C@H]2C(=O)O)ccc1-c1cc(OC)ncc1F. The Labute approximate surface area is 236 Å². The smallest absolute Gasteiger partial charge is 0.307 e. The van der Waals surface area contributed by atoms with Gasteiger partial charge in [0.05, 0.1) is 19.2 Å². The predicted molar refractivity (Wildman–Crippen MR) is 154 cm³/mol. The minimum absolute atomic E-state index is 0.226. The van der Waals surface area contributed by atoms with E-state index in [0.717, 1.165) is 79.4 Å². The second-order valence-electron chi connectivity index (χ2n) is 11.4. The monoisotopic (exact) mass is 545 g/mol. The highest BCUT2D eigenvalue weighted by molar-refractivity contribution is 5.78. The second kappa shape index (κ2) is 12.0. The van der Waals surface area contributed by atoms with E-state index in [4.69, 9.17) is 9.47 Å². The van der Waals surface area contributed by atoms with Crippen LogP contribution in [-0.4, -0.2) is 23.2 Å². The predicted octanol–water partition coefficient (Wildman–Crippen LogP) is 8.23. The third-order valence-electron chi connectivity index (χ3n) is 9.00. The summed E-state index contributed by atoms with van der Waals surface area (Å²) >= 11 is 0. The van der Waals surface area contributed by atoms with Crippen molar-refractivity contribution < 1.29 is 23.8 Å². The average molecular weight is 546 g/mol. The minimum atomic E-state index is -0.695. The lowest BCUT2D eigenvalue weighted by atomic mass is 9.78. The summed E-state index contributed by atoms with van der Waals surface area (Å²) in [6.45, 7) is 4.78. The number of hydrogen-bond acceptors (Lipinski definition) is 4. The molecule has 0 saturated heterocycles. The van der Waals surface area contributed by atoms with Gasteiger partial charge in [0.25, 0.3) is 0 Å². The first-order valence-corrected chi connectivity index (χ1v) is 14.7. The van der Waals surface area contributed by atoms with Gasteiger partial charge in [0, 0.05) is 17.0 Å². The van der Waals surface area contributed by atoms with E-state index in [1.165, 1.54) is 18.2 Å². The molecule has 0 unspecified atom stereocenters. The van der Waals surface area contributed by atoms with Crippen LogP contribution in [0, 0.1) is 11.7 Å². The van der Waals surface area contributed by atoms with E-state index in [2.05, 4.69) is 37.0 Å². The van der Waals surface area contributed by atoms with Crippen molar-refractivity contribution in [3.05, 3.63) is 76.7 Å². The molecule has 3 atom stereocenters. The molecule has 1 heterocycles. The highest BCUT2D eigenvalue weighted by Crippen LogP contribution is 2.60. The Morgan fingerprint density at radius 2 is 2.00 bits per heavy atom. The van der Waals surface area contributed by atoms with Crippen molar-refractivity contribution in [1.29, 1.82) is 0 Å². The van der Waals surface area contributed by atoms with Crippen LogP contribution in [0.3, 0.4) is 0 Å². The van der Waals surface area contributed by atoms with Gasteiger partial charge >= 0.3 is 5.97 Å². The van der Waals surface area contributed by atoms with Crippen LogP contribution in [0.1, 0.15) is 93.4 Å². The Balaban J connectivity index is 1.42. The molecule has 1 fully saturated rings. The lowest BCUT2D eigenvalue weighted by Gasteiger charge is -2.26. The van der Waals surface area contributed by atoms with E-state index in [9.17, 15) is 9.90 Å². The molecule has 212 valence electrons. The summed E-state index contributed by atoms with van der Waals surface area (Å²) in [7, 11) is 1.54. The number of aliphatic carboxylic acids is 1. The minimum Gasteiger partial charge on any atom is -0.489 e. The molecule has 40 heavy (non-hydrogen) atoms. The van der Waals surface area contributed by atoms with E-state index in [0.29, 0.717) is 24.0 Å². The molecule has 0 amide bonds. The molecular formula is C34H40FNO4. The molecule has 1 saturated carbocycles. The van der Waals surface area contributed by atoms with Crippen molar-refractivity contribution in [3.63, 3.8) is 0 Å². The van der Waals surface area contributed by atoms with Crippen LogP contribution in [0.4, 0.5) is 4.39 Å². The molecule has 2 aliphatic carbocycles. The maximum Gasteiger partial charge on any atom is 0.307 e. The lowest BCUT2D eigenvalue weighted by Crippen LogP contribution is -2.21.